The molecule has 0 aromatic heterocycles. The number of hydrogen-bond donors (Lipinski definition) is 1. The Hall–Kier alpha value is -1.14. The average molecular weight is 440 g/mol. The number of likely N-dealkylation sites (tertiary alicyclic amines) is 1. The molecule has 0 aromatic rings. The first kappa shape index (κ1) is 22.5. The Morgan fingerprint density at radius 2 is 1.86 bits per heavy atom. The molecule has 2 fully saturated rings. The summed E-state index contributed by atoms with van der Waals surface area (Å²) in [7, 11) is -2.14. The lowest BCUT2D eigenvalue weighted by Gasteiger charge is -2.59. The fourth-order valence-electron chi connectivity index (χ4n) is 4.06. The van der Waals surface area contributed by atoms with Gasteiger partial charge >= 0.3 is 6.18 Å². The predicted octanol–water partition coefficient (Wildman–Crippen LogP) is 1.31. The van der Waals surface area contributed by atoms with Crippen molar-refractivity contribution in [2.75, 3.05) is 59.7 Å². The van der Waals surface area contributed by atoms with E-state index in [1.54, 1.807) is 7.11 Å². The standard InChI is InChI=1S/C18H28F3N3O4S/c1-14-15(4-5-16(22-14)18(19,20)21)29(25,26)24-12-17(13-24)10-23(11-17)6-3-7-28-9-8-27-2/h4-5,14,22H,3,6-13H2,1-2H3. The summed E-state index contributed by atoms with van der Waals surface area (Å²) in [4.78, 5) is 2.25. The Morgan fingerprint density at radius 1 is 1.17 bits per heavy atom. The molecule has 11 heteroatoms. The first-order chi connectivity index (χ1) is 13.6. The van der Waals surface area contributed by atoms with Crippen LogP contribution < -0.4 is 5.32 Å². The van der Waals surface area contributed by atoms with Crippen molar-refractivity contribution in [3.05, 3.63) is 22.8 Å². The van der Waals surface area contributed by atoms with Crippen LogP contribution in [-0.2, 0) is 19.5 Å². The summed E-state index contributed by atoms with van der Waals surface area (Å²) in [6, 6.07) is -0.922. The molecule has 3 aliphatic heterocycles. The van der Waals surface area contributed by atoms with E-state index in [2.05, 4.69) is 10.2 Å². The number of ether oxygens (including phenoxy) is 2. The number of dihydropyridines is 1. The molecule has 1 unspecified atom stereocenters. The van der Waals surface area contributed by atoms with Crippen LogP contribution in [0.15, 0.2) is 22.8 Å². The van der Waals surface area contributed by atoms with Crippen molar-refractivity contribution < 1.29 is 31.1 Å². The third kappa shape index (κ3) is 4.96. The minimum atomic E-state index is -4.52. The van der Waals surface area contributed by atoms with Crippen LogP contribution in [-0.4, -0.2) is 89.5 Å². The Labute approximate surface area is 169 Å². The molecule has 3 aliphatic rings. The van der Waals surface area contributed by atoms with Gasteiger partial charge in [-0.15, -0.1) is 0 Å². The van der Waals surface area contributed by atoms with Crippen molar-refractivity contribution in [1.29, 1.82) is 0 Å². The van der Waals surface area contributed by atoms with Gasteiger partial charge in [0.15, 0.2) is 0 Å². The van der Waals surface area contributed by atoms with Crippen LogP contribution in [0.25, 0.3) is 0 Å². The fraction of sp³-hybridized carbons (Fsp3) is 0.778. The molecule has 1 atom stereocenters. The molecule has 29 heavy (non-hydrogen) atoms. The molecule has 166 valence electrons. The molecule has 0 aromatic carbocycles. The average Bonchev–Trinajstić information content (AvgIpc) is 2.56. The van der Waals surface area contributed by atoms with Crippen molar-refractivity contribution >= 4 is 10.0 Å². The number of nitrogens with one attached hydrogen (secondary N) is 1. The molecule has 0 saturated carbocycles. The zero-order valence-electron chi connectivity index (χ0n) is 16.7. The largest absolute Gasteiger partial charge is 0.430 e. The third-order valence-corrected chi connectivity index (χ3v) is 7.52. The first-order valence-corrected chi connectivity index (χ1v) is 11.1. The lowest BCUT2D eigenvalue weighted by molar-refractivity contribution is -0.0975. The summed E-state index contributed by atoms with van der Waals surface area (Å²) in [6.07, 6.45) is -1.75. The maximum atomic E-state index is 12.8. The molecule has 1 N–H and O–H groups in total. The van der Waals surface area contributed by atoms with Gasteiger partial charge in [-0.25, -0.2) is 8.42 Å². The van der Waals surface area contributed by atoms with Crippen LogP contribution in [0.5, 0.6) is 0 Å². The van der Waals surface area contributed by atoms with Gasteiger partial charge in [-0.1, -0.05) is 0 Å². The molecular formula is C18H28F3N3O4S. The van der Waals surface area contributed by atoms with E-state index in [4.69, 9.17) is 9.47 Å². The van der Waals surface area contributed by atoms with Gasteiger partial charge in [0.1, 0.15) is 5.70 Å². The molecule has 3 heterocycles. The molecule has 3 rings (SSSR count). The monoisotopic (exact) mass is 439 g/mol. The van der Waals surface area contributed by atoms with Gasteiger partial charge in [0, 0.05) is 51.9 Å². The van der Waals surface area contributed by atoms with Crippen molar-refractivity contribution in [2.24, 2.45) is 5.41 Å². The van der Waals surface area contributed by atoms with E-state index < -0.39 is 27.9 Å². The topological polar surface area (TPSA) is 71.1 Å². The van der Waals surface area contributed by atoms with Crippen LogP contribution in [0.1, 0.15) is 13.3 Å². The number of allylic oxidation sites excluding steroid dienone is 3. The third-order valence-electron chi connectivity index (χ3n) is 5.49. The van der Waals surface area contributed by atoms with Gasteiger partial charge in [0.25, 0.3) is 0 Å². The van der Waals surface area contributed by atoms with E-state index in [0.717, 1.165) is 38.2 Å². The number of sulfonamides is 1. The van der Waals surface area contributed by atoms with Gasteiger partial charge in [0.2, 0.25) is 10.0 Å². The maximum Gasteiger partial charge on any atom is 0.430 e. The van der Waals surface area contributed by atoms with Crippen LogP contribution in [0.4, 0.5) is 13.2 Å². The van der Waals surface area contributed by atoms with Gasteiger partial charge in [-0.2, -0.15) is 17.5 Å². The molecule has 0 aliphatic carbocycles. The molecule has 0 radical (unpaired) electrons. The molecular weight excluding hydrogens is 411 g/mol. The minimum absolute atomic E-state index is 0.0234. The smallest absolute Gasteiger partial charge is 0.382 e. The highest BCUT2D eigenvalue weighted by Crippen LogP contribution is 2.42. The van der Waals surface area contributed by atoms with Crippen LogP contribution in [0, 0.1) is 5.41 Å². The van der Waals surface area contributed by atoms with E-state index in [1.165, 1.54) is 11.2 Å². The van der Waals surface area contributed by atoms with Crippen molar-refractivity contribution in [3.8, 4) is 0 Å². The fourth-order valence-corrected chi connectivity index (χ4v) is 6.00. The minimum Gasteiger partial charge on any atom is -0.382 e. The van der Waals surface area contributed by atoms with Gasteiger partial charge in [-0.05, 0) is 25.5 Å². The summed E-state index contributed by atoms with van der Waals surface area (Å²) < 4.78 is 75.7. The Balaban J connectivity index is 1.45. The highest BCUT2D eigenvalue weighted by Gasteiger charge is 2.55. The summed E-state index contributed by atoms with van der Waals surface area (Å²) in [6.45, 7) is 6.65. The normalized spacial score (nSPS) is 25.1. The second-order valence-electron chi connectivity index (χ2n) is 7.96. The quantitative estimate of drug-likeness (QED) is 0.547. The van der Waals surface area contributed by atoms with E-state index in [-0.39, 0.29) is 10.3 Å². The van der Waals surface area contributed by atoms with Crippen molar-refractivity contribution in [3.63, 3.8) is 0 Å². The number of methoxy groups -OCH3 is 1. The second kappa shape index (κ2) is 8.54. The number of rotatable bonds is 9. The SMILES string of the molecule is COCCOCCCN1CC2(C1)CN(S(=O)(=O)C1=CC=C(C(F)(F)F)NC1C)C2. The summed E-state index contributed by atoms with van der Waals surface area (Å²) in [5.41, 5.74) is -0.951. The summed E-state index contributed by atoms with van der Waals surface area (Å²) in [5.74, 6) is 0. The van der Waals surface area contributed by atoms with E-state index in [9.17, 15) is 21.6 Å². The zero-order valence-corrected chi connectivity index (χ0v) is 17.5. The Morgan fingerprint density at radius 3 is 2.45 bits per heavy atom. The van der Waals surface area contributed by atoms with Crippen LogP contribution in [0.3, 0.4) is 0 Å². The lowest BCUT2D eigenvalue weighted by atomic mass is 9.74. The van der Waals surface area contributed by atoms with Gasteiger partial charge in [0.05, 0.1) is 24.2 Å². The Kier molecular flexibility index (Phi) is 6.64. The van der Waals surface area contributed by atoms with E-state index in [1.807, 2.05) is 0 Å². The Bertz CT molecular complexity index is 753. The van der Waals surface area contributed by atoms with Crippen molar-refractivity contribution in [2.45, 2.75) is 25.6 Å². The zero-order chi connectivity index (χ0) is 21.3. The predicted molar refractivity (Wildman–Crippen MR) is 101 cm³/mol. The van der Waals surface area contributed by atoms with Crippen LogP contribution >= 0.6 is 0 Å². The molecule has 7 nitrogen and oxygen atoms in total. The number of halogens is 3. The van der Waals surface area contributed by atoms with Gasteiger partial charge < -0.3 is 19.7 Å². The van der Waals surface area contributed by atoms with E-state index >= 15 is 0 Å². The molecule has 1 spiro atoms. The van der Waals surface area contributed by atoms with Gasteiger partial charge in [-0.3, -0.25) is 0 Å². The second-order valence-corrected chi connectivity index (χ2v) is 9.89. The van der Waals surface area contributed by atoms with Crippen molar-refractivity contribution in [1.82, 2.24) is 14.5 Å². The molecule has 2 saturated heterocycles. The molecule has 0 bridgehead atoms. The van der Waals surface area contributed by atoms with Crippen LogP contribution in [0.2, 0.25) is 0 Å². The molecule has 0 amide bonds. The number of alkyl halides is 3. The number of hydrogen-bond acceptors (Lipinski definition) is 6. The first-order valence-electron chi connectivity index (χ1n) is 9.62. The highest BCUT2D eigenvalue weighted by atomic mass is 32.2. The number of nitrogens with zero attached hydrogens (tertiary/aromatic N) is 2. The van der Waals surface area contributed by atoms with E-state index in [0.29, 0.717) is 32.9 Å². The lowest BCUT2D eigenvalue weighted by Crippen LogP contribution is -2.73. The highest BCUT2D eigenvalue weighted by molar-refractivity contribution is 7.93. The maximum absolute atomic E-state index is 12.8. The summed E-state index contributed by atoms with van der Waals surface area (Å²) in [5, 5.41) is 2.25. The summed E-state index contributed by atoms with van der Waals surface area (Å²) >= 11 is 0.